The van der Waals surface area contributed by atoms with Gasteiger partial charge in [0.1, 0.15) is 11.6 Å². The minimum Gasteiger partial charge on any atom is -0.496 e. The average Bonchev–Trinajstić information content (AvgIpc) is 2.92. The van der Waals surface area contributed by atoms with Crippen molar-refractivity contribution >= 4 is 16.9 Å². The topological polar surface area (TPSA) is 89.8 Å². The van der Waals surface area contributed by atoms with Crippen LogP contribution in [0.5, 0.6) is 5.75 Å². The van der Waals surface area contributed by atoms with Gasteiger partial charge in [-0.25, -0.2) is 15.0 Å². The van der Waals surface area contributed by atoms with E-state index in [4.69, 9.17) is 29.2 Å². The van der Waals surface area contributed by atoms with Gasteiger partial charge in [-0.05, 0) is 42.0 Å². The molecule has 180 valence electrons. The van der Waals surface area contributed by atoms with Crippen LogP contribution in [0, 0.1) is 0 Å². The lowest BCUT2D eigenvalue weighted by Crippen LogP contribution is -2.37. The largest absolute Gasteiger partial charge is 0.496 e. The van der Waals surface area contributed by atoms with E-state index >= 15 is 0 Å². The molecule has 0 saturated carbocycles. The maximum Gasteiger partial charge on any atom is 0.165 e. The summed E-state index contributed by atoms with van der Waals surface area (Å²) in [7, 11) is 3.28. The standard InChI is InChI=1S/C27H28N4O4/c1-33-17-18-4-3-5-20(14-18)25-29-26-22(27(30-25)31-10-12-35-13-11-31)7-8-23(28-26)19-6-9-24(34-2)21(15-19)16-32/h3-9,14-15,32H,10-13,16-17H2,1-2H3. The van der Waals surface area contributed by atoms with Crippen LogP contribution < -0.4 is 9.64 Å². The van der Waals surface area contributed by atoms with Crippen LogP contribution in [0.1, 0.15) is 11.1 Å². The summed E-state index contributed by atoms with van der Waals surface area (Å²) >= 11 is 0. The first kappa shape index (κ1) is 23.2. The number of rotatable bonds is 7. The zero-order valence-electron chi connectivity index (χ0n) is 19.9. The summed E-state index contributed by atoms with van der Waals surface area (Å²) in [6, 6.07) is 17.7. The molecular weight excluding hydrogens is 444 g/mol. The van der Waals surface area contributed by atoms with Crippen LogP contribution in [0.2, 0.25) is 0 Å². The Kier molecular flexibility index (Phi) is 6.85. The fraction of sp³-hybridized carbons (Fsp3) is 0.296. The van der Waals surface area contributed by atoms with E-state index in [0.717, 1.165) is 46.7 Å². The summed E-state index contributed by atoms with van der Waals surface area (Å²) in [5.74, 6) is 2.12. The Morgan fingerprint density at radius 2 is 1.80 bits per heavy atom. The second-order valence-corrected chi connectivity index (χ2v) is 8.36. The molecule has 1 N–H and O–H groups in total. The van der Waals surface area contributed by atoms with Crippen LogP contribution in [0.4, 0.5) is 5.82 Å². The van der Waals surface area contributed by atoms with Crippen molar-refractivity contribution in [2.45, 2.75) is 13.2 Å². The first-order chi connectivity index (χ1) is 17.2. The van der Waals surface area contributed by atoms with Gasteiger partial charge in [0.15, 0.2) is 11.5 Å². The Labute approximate surface area is 204 Å². The molecule has 0 spiro atoms. The third-order valence-corrected chi connectivity index (χ3v) is 6.09. The van der Waals surface area contributed by atoms with Gasteiger partial charge >= 0.3 is 0 Å². The molecule has 0 atom stereocenters. The monoisotopic (exact) mass is 472 g/mol. The number of anilines is 1. The maximum atomic E-state index is 9.75. The van der Waals surface area contributed by atoms with E-state index in [1.165, 1.54) is 0 Å². The number of benzene rings is 2. The Bertz CT molecular complexity index is 1340. The van der Waals surface area contributed by atoms with Crippen molar-refractivity contribution in [2.24, 2.45) is 0 Å². The van der Waals surface area contributed by atoms with Crippen LogP contribution in [0.25, 0.3) is 33.7 Å². The molecule has 1 aliphatic rings. The summed E-state index contributed by atoms with van der Waals surface area (Å²) in [5.41, 5.74) is 4.94. The summed E-state index contributed by atoms with van der Waals surface area (Å²) < 4.78 is 16.2. The number of aromatic nitrogens is 3. The summed E-state index contributed by atoms with van der Waals surface area (Å²) in [4.78, 5) is 17.0. The average molecular weight is 473 g/mol. The molecule has 8 heteroatoms. The van der Waals surface area contributed by atoms with E-state index < -0.39 is 0 Å². The van der Waals surface area contributed by atoms with Gasteiger partial charge in [0.05, 0.1) is 44.6 Å². The normalized spacial score (nSPS) is 13.9. The Morgan fingerprint density at radius 1 is 0.943 bits per heavy atom. The summed E-state index contributed by atoms with van der Waals surface area (Å²) in [5, 5.41) is 10.6. The van der Waals surface area contributed by atoms with Gasteiger partial charge in [0, 0.05) is 36.9 Å². The molecule has 1 aliphatic heterocycles. The fourth-order valence-electron chi connectivity index (χ4n) is 4.33. The van der Waals surface area contributed by atoms with Crippen molar-refractivity contribution in [2.75, 3.05) is 45.4 Å². The third kappa shape index (κ3) is 4.81. The molecule has 0 amide bonds. The van der Waals surface area contributed by atoms with E-state index in [0.29, 0.717) is 42.6 Å². The molecule has 1 fully saturated rings. The van der Waals surface area contributed by atoms with Crippen molar-refractivity contribution in [3.05, 3.63) is 65.7 Å². The van der Waals surface area contributed by atoms with E-state index in [1.54, 1.807) is 14.2 Å². The van der Waals surface area contributed by atoms with Gasteiger partial charge in [-0.2, -0.15) is 0 Å². The molecule has 4 aromatic rings. The molecule has 0 aliphatic carbocycles. The number of methoxy groups -OCH3 is 2. The van der Waals surface area contributed by atoms with Gasteiger partial charge in [-0.3, -0.25) is 0 Å². The van der Waals surface area contributed by atoms with Crippen molar-refractivity contribution < 1.29 is 19.3 Å². The highest BCUT2D eigenvalue weighted by atomic mass is 16.5. The molecule has 2 aromatic carbocycles. The number of morpholine rings is 1. The molecule has 8 nitrogen and oxygen atoms in total. The van der Waals surface area contributed by atoms with Gasteiger partial charge in [0.2, 0.25) is 0 Å². The van der Waals surface area contributed by atoms with E-state index in [9.17, 15) is 5.11 Å². The smallest absolute Gasteiger partial charge is 0.165 e. The number of nitrogens with zero attached hydrogens (tertiary/aromatic N) is 4. The maximum absolute atomic E-state index is 9.75. The predicted octanol–water partition coefficient (Wildman–Crippen LogP) is 3.84. The van der Waals surface area contributed by atoms with Gasteiger partial charge in [-0.1, -0.05) is 18.2 Å². The number of fused-ring (bicyclic) bond motifs is 1. The Hall–Kier alpha value is -3.59. The molecule has 0 bridgehead atoms. The molecule has 3 heterocycles. The summed E-state index contributed by atoms with van der Waals surface area (Å²) in [6.07, 6.45) is 0. The van der Waals surface area contributed by atoms with Crippen LogP contribution in [0.15, 0.2) is 54.6 Å². The number of hydrogen-bond donors (Lipinski definition) is 1. The Morgan fingerprint density at radius 3 is 2.57 bits per heavy atom. The SMILES string of the molecule is COCc1cccc(-c2nc(N3CCOCC3)c3ccc(-c4ccc(OC)c(CO)c4)nc3n2)c1. The quantitative estimate of drug-likeness (QED) is 0.434. The van der Waals surface area contributed by atoms with Crippen LogP contribution in [-0.4, -0.2) is 60.6 Å². The number of aliphatic hydroxyl groups is 1. The fourth-order valence-corrected chi connectivity index (χ4v) is 4.33. The van der Waals surface area contributed by atoms with E-state index in [2.05, 4.69) is 11.0 Å². The van der Waals surface area contributed by atoms with Crippen molar-refractivity contribution in [1.29, 1.82) is 0 Å². The third-order valence-electron chi connectivity index (χ3n) is 6.09. The van der Waals surface area contributed by atoms with Crippen molar-refractivity contribution in [3.8, 4) is 28.4 Å². The van der Waals surface area contributed by atoms with E-state index in [-0.39, 0.29) is 6.61 Å². The molecule has 5 rings (SSSR count). The first-order valence-electron chi connectivity index (χ1n) is 11.6. The highest BCUT2D eigenvalue weighted by molar-refractivity contribution is 5.90. The molecule has 0 unspecified atom stereocenters. The number of ether oxygens (including phenoxy) is 3. The first-order valence-corrected chi connectivity index (χ1v) is 11.6. The highest BCUT2D eigenvalue weighted by Gasteiger charge is 2.19. The zero-order valence-corrected chi connectivity index (χ0v) is 19.9. The second kappa shape index (κ2) is 10.4. The molecule has 2 aromatic heterocycles. The van der Waals surface area contributed by atoms with Crippen LogP contribution >= 0.6 is 0 Å². The Balaban J connectivity index is 1.65. The lowest BCUT2D eigenvalue weighted by molar-refractivity contribution is 0.122. The molecular formula is C27H28N4O4. The van der Waals surface area contributed by atoms with Gasteiger partial charge < -0.3 is 24.2 Å². The van der Waals surface area contributed by atoms with Crippen molar-refractivity contribution in [3.63, 3.8) is 0 Å². The second-order valence-electron chi connectivity index (χ2n) is 8.36. The van der Waals surface area contributed by atoms with Crippen LogP contribution in [-0.2, 0) is 22.7 Å². The molecule has 1 saturated heterocycles. The summed E-state index contributed by atoms with van der Waals surface area (Å²) in [6.45, 7) is 3.24. The number of pyridine rings is 1. The molecule has 35 heavy (non-hydrogen) atoms. The lowest BCUT2D eigenvalue weighted by Gasteiger charge is -2.29. The van der Waals surface area contributed by atoms with Gasteiger partial charge in [0.25, 0.3) is 0 Å². The highest BCUT2D eigenvalue weighted by Crippen LogP contribution is 2.31. The minimum atomic E-state index is -0.115. The minimum absolute atomic E-state index is 0.115. The zero-order chi connectivity index (χ0) is 24.2. The number of aliphatic hydroxyl groups excluding tert-OH is 1. The molecule has 0 radical (unpaired) electrons. The predicted molar refractivity (Wildman–Crippen MR) is 134 cm³/mol. The van der Waals surface area contributed by atoms with Crippen LogP contribution in [0.3, 0.4) is 0 Å². The van der Waals surface area contributed by atoms with Crippen molar-refractivity contribution in [1.82, 2.24) is 15.0 Å². The van der Waals surface area contributed by atoms with Gasteiger partial charge in [-0.15, -0.1) is 0 Å². The van der Waals surface area contributed by atoms with E-state index in [1.807, 2.05) is 48.5 Å². The lowest BCUT2D eigenvalue weighted by atomic mass is 10.1. The number of hydrogen-bond acceptors (Lipinski definition) is 8.